The molecule has 0 bridgehead atoms. The molecule has 8 nitrogen and oxygen atoms in total. The number of carboxylic acid groups (broad SMARTS) is 1. The number of anilines is 1. The zero-order valence-electron chi connectivity index (χ0n) is 9.37. The smallest absolute Gasteiger partial charge is 0.304 e. The molecule has 10 heteroatoms. The van der Waals surface area contributed by atoms with Gasteiger partial charge in [-0.05, 0) is 22.0 Å². The van der Waals surface area contributed by atoms with E-state index in [-0.39, 0.29) is 11.4 Å². The molecule has 0 spiro atoms. The Kier molecular flexibility index (Phi) is 4.84. The standard InChI is InChI=1S/C9H9BrN2O6S/c10-7-2-1-6(12(15)16)5-8(7)11-19(17,18)4-3-9(13)14/h1-2,5,11H,3-4H2,(H,13,14). The number of carboxylic acids is 1. The second kappa shape index (κ2) is 5.97. The second-order valence-electron chi connectivity index (χ2n) is 3.49. The molecule has 0 radical (unpaired) electrons. The van der Waals surface area contributed by atoms with Gasteiger partial charge < -0.3 is 5.11 Å². The van der Waals surface area contributed by atoms with Gasteiger partial charge in [0, 0.05) is 16.6 Å². The first kappa shape index (κ1) is 15.4. The Labute approximate surface area is 116 Å². The number of sulfonamides is 1. The van der Waals surface area contributed by atoms with Crippen LogP contribution in [-0.2, 0) is 14.8 Å². The minimum absolute atomic E-state index is 0.0143. The van der Waals surface area contributed by atoms with Crippen molar-refractivity contribution in [3.05, 3.63) is 32.8 Å². The molecule has 19 heavy (non-hydrogen) atoms. The zero-order valence-corrected chi connectivity index (χ0v) is 11.8. The summed E-state index contributed by atoms with van der Waals surface area (Å²) in [6.45, 7) is 0. The van der Waals surface area contributed by atoms with Crippen LogP contribution in [0, 0.1) is 10.1 Å². The van der Waals surface area contributed by atoms with Crippen molar-refractivity contribution >= 4 is 43.3 Å². The van der Waals surface area contributed by atoms with Gasteiger partial charge in [0.2, 0.25) is 10.0 Å². The van der Waals surface area contributed by atoms with Crippen molar-refractivity contribution in [1.82, 2.24) is 0 Å². The fourth-order valence-electron chi connectivity index (χ4n) is 1.15. The van der Waals surface area contributed by atoms with Crippen LogP contribution in [0.5, 0.6) is 0 Å². The van der Waals surface area contributed by atoms with Gasteiger partial charge in [-0.25, -0.2) is 8.42 Å². The van der Waals surface area contributed by atoms with Crippen molar-refractivity contribution in [2.75, 3.05) is 10.5 Å². The minimum Gasteiger partial charge on any atom is -0.481 e. The van der Waals surface area contributed by atoms with E-state index in [4.69, 9.17) is 5.11 Å². The number of non-ortho nitro benzene ring substituents is 1. The Bertz CT molecular complexity index is 615. The fourth-order valence-corrected chi connectivity index (χ4v) is 2.67. The molecule has 2 N–H and O–H groups in total. The SMILES string of the molecule is O=C(O)CCS(=O)(=O)Nc1cc([N+](=O)[O-])ccc1Br. The van der Waals surface area contributed by atoms with Gasteiger partial charge in [-0.15, -0.1) is 0 Å². The van der Waals surface area contributed by atoms with Crippen LogP contribution in [-0.4, -0.2) is 30.2 Å². The van der Waals surface area contributed by atoms with Crippen LogP contribution in [0.15, 0.2) is 22.7 Å². The monoisotopic (exact) mass is 352 g/mol. The number of rotatable bonds is 6. The maximum absolute atomic E-state index is 11.6. The highest BCUT2D eigenvalue weighted by Gasteiger charge is 2.16. The fraction of sp³-hybridized carbons (Fsp3) is 0.222. The number of hydrogen-bond donors (Lipinski definition) is 2. The predicted molar refractivity (Wildman–Crippen MR) is 70.5 cm³/mol. The maximum Gasteiger partial charge on any atom is 0.304 e. The molecular formula is C9H9BrN2O6S. The molecule has 104 valence electrons. The molecule has 0 amide bonds. The number of nitro benzene ring substituents is 1. The largest absolute Gasteiger partial charge is 0.481 e. The molecule has 0 aromatic heterocycles. The summed E-state index contributed by atoms with van der Waals surface area (Å²) < 4.78 is 25.6. The lowest BCUT2D eigenvalue weighted by atomic mass is 10.3. The van der Waals surface area contributed by atoms with Crippen molar-refractivity contribution < 1.29 is 23.2 Å². The van der Waals surface area contributed by atoms with Gasteiger partial charge in [-0.1, -0.05) is 0 Å². The molecule has 1 rings (SSSR count). The van der Waals surface area contributed by atoms with Crippen molar-refractivity contribution in [2.45, 2.75) is 6.42 Å². The molecule has 0 unspecified atom stereocenters. The highest BCUT2D eigenvalue weighted by Crippen LogP contribution is 2.27. The summed E-state index contributed by atoms with van der Waals surface area (Å²) in [4.78, 5) is 20.2. The molecule has 0 atom stereocenters. The third-order valence-corrected chi connectivity index (χ3v) is 3.97. The molecule has 0 heterocycles. The van der Waals surface area contributed by atoms with E-state index in [9.17, 15) is 23.3 Å². The molecule has 0 saturated carbocycles. The molecule has 0 aliphatic rings. The van der Waals surface area contributed by atoms with Gasteiger partial charge in [-0.2, -0.15) is 0 Å². The molecule has 1 aromatic carbocycles. The number of nitro groups is 1. The van der Waals surface area contributed by atoms with E-state index in [1.54, 1.807) is 0 Å². The average Bonchev–Trinajstić information content (AvgIpc) is 2.29. The van der Waals surface area contributed by atoms with E-state index in [1.165, 1.54) is 12.1 Å². The highest BCUT2D eigenvalue weighted by atomic mass is 79.9. The quantitative estimate of drug-likeness (QED) is 0.590. The van der Waals surface area contributed by atoms with Crippen molar-refractivity contribution in [2.24, 2.45) is 0 Å². The van der Waals surface area contributed by atoms with Crippen LogP contribution in [0.3, 0.4) is 0 Å². The van der Waals surface area contributed by atoms with E-state index in [2.05, 4.69) is 20.7 Å². The molecule has 1 aromatic rings. The number of halogens is 1. The lowest BCUT2D eigenvalue weighted by molar-refractivity contribution is -0.384. The number of nitrogens with zero attached hydrogens (tertiary/aromatic N) is 1. The molecule has 0 fully saturated rings. The number of hydrogen-bond acceptors (Lipinski definition) is 5. The molecular weight excluding hydrogens is 344 g/mol. The van der Waals surface area contributed by atoms with Gasteiger partial charge in [-0.3, -0.25) is 19.6 Å². The topological polar surface area (TPSA) is 127 Å². The summed E-state index contributed by atoms with van der Waals surface area (Å²) in [5.41, 5.74) is -0.293. The normalized spacial score (nSPS) is 11.0. The number of aliphatic carboxylic acids is 1. The maximum atomic E-state index is 11.6. The molecule has 0 aliphatic heterocycles. The Morgan fingerprint density at radius 3 is 2.63 bits per heavy atom. The van der Waals surface area contributed by atoms with Gasteiger partial charge >= 0.3 is 5.97 Å². The summed E-state index contributed by atoms with van der Waals surface area (Å²) in [6.07, 6.45) is -0.554. The summed E-state index contributed by atoms with van der Waals surface area (Å²) in [5.74, 6) is -1.86. The number of benzene rings is 1. The van der Waals surface area contributed by atoms with Crippen molar-refractivity contribution in [3.63, 3.8) is 0 Å². The molecule has 0 aliphatic carbocycles. The van der Waals surface area contributed by atoms with Crippen LogP contribution in [0.4, 0.5) is 11.4 Å². The first-order valence-corrected chi connectivity index (χ1v) is 7.32. The summed E-state index contributed by atoms with van der Waals surface area (Å²) in [7, 11) is -3.88. The number of carbonyl (C=O) groups is 1. The van der Waals surface area contributed by atoms with E-state index < -0.39 is 33.1 Å². The Morgan fingerprint density at radius 2 is 2.11 bits per heavy atom. The summed E-state index contributed by atoms with van der Waals surface area (Å²) in [5, 5.41) is 19.0. The Balaban J connectivity index is 2.95. The molecule has 0 saturated heterocycles. The Morgan fingerprint density at radius 1 is 1.47 bits per heavy atom. The van der Waals surface area contributed by atoms with Gasteiger partial charge in [0.1, 0.15) is 0 Å². The van der Waals surface area contributed by atoms with Crippen LogP contribution in [0.2, 0.25) is 0 Å². The lowest BCUT2D eigenvalue weighted by Crippen LogP contribution is -2.19. The van der Waals surface area contributed by atoms with E-state index >= 15 is 0 Å². The Hall–Kier alpha value is -1.68. The van der Waals surface area contributed by atoms with Crippen molar-refractivity contribution in [1.29, 1.82) is 0 Å². The van der Waals surface area contributed by atoms with E-state index in [0.717, 1.165) is 6.07 Å². The van der Waals surface area contributed by atoms with E-state index in [0.29, 0.717) is 4.47 Å². The van der Waals surface area contributed by atoms with Crippen LogP contribution in [0.1, 0.15) is 6.42 Å². The lowest BCUT2D eigenvalue weighted by Gasteiger charge is -2.08. The average molecular weight is 353 g/mol. The predicted octanol–water partition coefficient (Wildman–Crippen LogP) is 1.57. The summed E-state index contributed by atoms with van der Waals surface area (Å²) >= 11 is 3.05. The van der Waals surface area contributed by atoms with Crippen molar-refractivity contribution in [3.8, 4) is 0 Å². The summed E-state index contributed by atoms with van der Waals surface area (Å²) in [6, 6.07) is 3.58. The zero-order chi connectivity index (χ0) is 14.6. The minimum atomic E-state index is -3.88. The van der Waals surface area contributed by atoms with E-state index in [1.807, 2.05) is 0 Å². The number of nitrogens with one attached hydrogen (secondary N) is 1. The van der Waals surface area contributed by atoms with Gasteiger partial charge in [0.25, 0.3) is 5.69 Å². The van der Waals surface area contributed by atoms with Gasteiger partial charge in [0.15, 0.2) is 0 Å². The third-order valence-electron chi connectivity index (χ3n) is 2.01. The van der Waals surface area contributed by atoms with Crippen LogP contribution >= 0.6 is 15.9 Å². The van der Waals surface area contributed by atoms with Crippen LogP contribution in [0.25, 0.3) is 0 Å². The van der Waals surface area contributed by atoms with Gasteiger partial charge in [0.05, 0.1) is 22.8 Å². The first-order chi connectivity index (χ1) is 8.71. The second-order valence-corrected chi connectivity index (χ2v) is 6.18. The first-order valence-electron chi connectivity index (χ1n) is 4.87. The highest BCUT2D eigenvalue weighted by molar-refractivity contribution is 9.10. The van der Waals surface area contributed by atoms with Crippen LogP contribution < -0.4 is 4.72 Å². The third kappa shape index (κ3) is 4.83.